The largest absolute Gasteiger partial charge is 0.461 e. The van der Waals surface area contributed by atoms with Crippen LogP contribution in [-0.2, 0) is 24.0 Å². The van der Waals surface area contributed by atoms with Gasteiger partial charge in [-0.05, 0) is 42.9 Å². The van der Waals surface area contributed by atoms with Gasteiger partial charge in [0.2, 0.25) is 0 Å². The zero-order chi connectivity index (χ0) is 16.1. The molecular formula is C17H23N3O2. The van der Waals surface area contributed by atoms with Crippen LogP contribution in [0.2, 0.25) is 0 Å². The molecule has 0 spiro atoms. The van der Waals surface area contributed by atoms with E-state index < -0.39 is 5.97 Å². The Morgan fingerprint density at radius 1 is 1.05 bits per heavy atom. The molecule has 1 aromatic heterocycles. The van der Waals surface area contributed by atoms with Crippen LogP contribution >= 0.6 is 0 Å². The standard InChI is InChI=1S/C17H23N3O2/c1-5-11-9-12(6-2)14(13(7-3)10-11)15-16(19-20-18-15)17(21)22-8-4/h9-10H,5-8H2,1-4H3,(H,18,19,20). The lowest BCUT2D eigenvalue weighted by molar-refractivity contribution is 0.0520. The molecule has 0 aliphatic heterocycles. The van der Waals surface area contributed by atoms with Gasteiger partial charge in [0, 0.05) is 5.56 Å². The predicted molar refractivity (Wildman–Crippen MR) is 85.9 cm³/mol. The van der Waals surface area contributed by atoms with Crippen LogP contribution < -0.4 is 0 Å². The van der Waals surface area contributed by atoms with Gasteiger partial charge in [-0.2, -0.15) is 10.3 Å². The Hall–Kier alpha value is -2.17. The Bertz CT molecular complexity index is 637. The number of nitrogens with one attached hydrogen (secondary N) is 1. The second kappa shape index (κ2) is 7.20. The maximum Gasteiger partial charge on any atom is 0.361 e. The number of carbonyl (C=O) groups excluding carboxylic acids is 1. The Kier molecular flexibility index (Phi) is 5.31. The van der Waals surface area contributed by atoms with Crippen LogP contribution in [0.25, 0.3) is 11.3 Å². The van der Waals surface area contributed by atoms with E-state index in [0.29, 0.717) is 12.3 Å². The highest BCUT2D eigenvalue weighted by molar-refractivity contribution is 5.94. The number of aryl methyl sites for hydroxylation is 3. The van der Waals surface area contributed by atoms with E-state index >= 15 is 0 Å². The molecule has 0 saturated carbocycles. The highest BCUT2D eigenvalue weighted by Crippen LogP contribution is 2.31. The van der Waals surface area contributed by atoms with Gasteiger partial charge in [0.05, 0.1) is 6.61 Å². The van der Waals surface area contributed by atoms with Crippen LogP contribution in [0.5, 0.6) is 0 Å². The minimum atomic E-state index is -0.435. The van der Waals surface area contributed by atoms with Crippen molar-refractivity contribution in [3.8, 4) is 11.3 Å². The van der Waals surface area contributed by atoms with E-state index in [1.807, 2.05) is 0 Å². The summed E-state index contributed by atoms with van der Waals surface area (Å²) in [5.41, 5.74) is 5.55. The molecule has 0 atom stereocenters. The minimum Gasteiger partial charge on any atom is -0.461 e. The molecule has 0 fully saturated rings. The third kappa shape index (κ3) is 3.03. The third-order valence-electron chi connectivity index (χ3n) is 3.79. The first-order valence-corrected chi connectivity index (χ1v) is 7.89. The quantitative estimate of drug-likeness (QED) is 0.831. The van der Waals surface area contributed by atoms with E-state index in [2.05, 4.69) is 48.3 Å². The molecule has 1 aromatic carbocycles. The van der Waals surface area contributed by atoms with Crippen LogP contribution in [-0.4, -0.2) is 28.0 Å². The predicted octanol–water partition coefficient (Wildman–Crippen LogP) is 3.34. The molecule has 5 heteroatoms. The van der Waals surface area contributed by atoms with Gasteiger partial charge in [0.1, 0.15) is 5.69 Å². The molecule has 5 nitrogen and oxygen atoms in total. The molecule has 0 unspecified atom stereocenters. The topological polar surface area (TPSA) is 67.9 Å². The van der Waals surface area contributed by atoms with E-state index in [1.165, 1.54) is 16.7 Å². The molecule has 0 radical (unpaired) electrons. The molecule has 1 N–H and O–H groups in total. The lowest BCUT2D eigenvalue weighted by atomic mass is 9.91. The van der Waals surface area contributed by atoms with Gasteiger partial charge in [-0.1, -0.05) is 32.9 Å². The highest BCUT2D eigenvalue weighted by atomic mass is 16.5. The maximum absolute atomic E-state index is 12.1. The molecule has 0 bridgehead atoms. The molecule has 2 rings (SSSR count). The number of nitrogens with zero attached hydrogens (tertiary/aromatic N) is 2. The summed E-state index contributed by atoms with van der Waals surface area (Å²) >= 11 is 0. The van der Waals surface area contributed by atoms with Crippen LogP contribution in [0.1, 0.15) is 54.9 Å². The monoisotopic (exact) mass is 301 g/mol. The number of H-pyrrole nitrogens is 1. The number of ether oxygens (including phenoxy) is 1. The lowest BCUT2D eigenvalue weighted by Crippen LogP contribution is -2.08. The average molecular weight is 301 g/mol. The van der Waals surface area contributed by atoms with Gasteiger partial charge in [0.25, 0.3) is 0 Å². The van der Waals surface area contributed by atoms with Gasteiger partial charge >= 0.3 is 5.97 Å². The third-order valence-corrected chi connectivity index (χ3v) is 3.79. The molecule has 0 amide bonds. The summed E-state index contributed by atoms with van der Waals surface area (Å²) in [5, 5.41) is 10.8. The smallest absolute Gasteiger partial charge is 0.361 e. The minimum absolute atomic E-state index is 0.260. The fourth-order valence-electron chi connectivity index (χ4n) is 2.65. The number of esters is 1. The molecule has 118 valence electrons. The molecule has 0 aliphatic rings. The van der Waals surface area contributed by atoms with Crippen LogP contribution in [0, 0.1) is 0 Å². The summed E-state index contributed by atoms with van der Waals surface area (Å²) in [6.45, 7) is 8.47. The van der Waals surface area contributed by atoms with Crippen molar-refractivity contribution in [3.05, 3.63) is 34.5 Å². The van der Waals surface area contributed by atoms with Crippen molar-refractivity contribution in [2.24, 2.45) is 0 Å². The Morgan fingerprint density at radius 2 is 1.68 bits per heavy atom. The number of benzene rings is 1. The molecule has 2 aromatic rings. The number of aromatic amines is 1. The Balaban J connectivity index is 2.62. The summed E-state index contributed by atoms with van der Waals surface area (Å²) in [4.78, 5) is 12.1. The van der Waals surface area contributed by atoms with Crippen molar-refractivity contribution in [3.63, 3.8) is 0 Å². The zero-order valence-electron chi connectivity index (χ0n) is 13.7. The van der Waals surface area contributed by atoms with Crippen LogP contribution in [0.3, 0.4) is 0 Å². The van der Waals surface area contributed by atoms with Gasteiger partial charge in [-0.3, -0.25) is 0 Å². The van der Waals surface area contributed by atoms with E-state index in [4.69, 9.17) is 4.74 Å². The first kappa shape index (κ1) is 16.2. The van der Waals surface area contributed by atoms with Crippen molar-refractivity contribution < 1.29 is 9.53 Å². The average Bonchev–Trinajstić information content (AvgIpc) is 3.02. The van der Waals surface area contributed by atoms with Crippen molar-refractivity contribution in [1.82, 2.24) is 15.4 Å². The fourth-order valence-corrected chi connectivity index (χ4v) is 2.65. The summed E-state index contributed by atoms with van der Waals surface area (Å²) in [7, 11) is 0. The second-order valence-corrected chi connectivity index (χ2v) is 5.09. The summed E-state index contributed by atoms with van der Waals surface area (Å²) in [5.74, 6) is -0.435. The highest BCUT2D eigenvalue weighted by Gasteiger charge is 2.23. The van der Waals surface area contributed by atoms with Crippen molar-refractivity contribution in [2.45, 2.75) is 47.0 Å². The SMILES string of the molecule is CCOC(=O)c1n[nH]nc1-c1c(CC)cc(CC)cc1CC. The Morgan fingerprint density at radius 3 is 2.18 bits per heavy atom. The number of rotatable bonds is 6. The zero-order valence-corrected chi connectivity index (χ0v) is 13.7. The van der Waals surface area contributed by atoms with Crippen LogP contribution in [0.15, 0.2) is 12.1 Å². The van der Waals surface area contributed by atoms with E-state index in [1.54, 1.807) is 6.92 Å². The number of hydrogen-bond donors (Lipinski definition) is 1. The first-order chi connectivity index (χ1) is 10.7. The van der Waals surface area contributed by atoms with E-state index in [9.17, 15) is 4.79 Å². The Labute approximate surface area is 131 Å². The first-order valence-electron chi connectivity index (χ1n) is 7.89. The summed E-state index contributed by atoms with van der Waals surface area (Å²) in [6, 6.07) is 4.39. The van der Waals surface area contributed by atoms with Gasteiger partial charge in [-0.15, -0.1) is 5.10 Å². The van der Waals surface area contributed by atoms with E-state index in [-0.39, 0.29) is 5.69 Å². The molecule has 22 heavy (non-hydrogen) atoms. The molecule has 0 aliphatic carbocycles. The van der Waals surface area contributed by atoms with Crippen molar-refractivity contribution >= 4 is 5.97 Å². The van der Waals surface area contributed by atoms with Crippen LogP contribution in [0.4, 0.5) is 0 Å². The summed E-state index contributed by atoms with van der Waals surface area (Å²) in [6.07, 6.45) is 2.75. The normalized spacial score (nSPS) is 10.7. The lowest BCUT2D eigenvalue weighted by Gasteiger charge is -2.14. The number of carbonyl (C=O) groups is 1. The molecule has 1 heterocycles. The van der Waals surface area contributed by atoms with Gasteiger partial charge in [-0.25, -0.2) is 4.79 Å². The molecule has 0 saturated heterocycles. The van der Waals surface area contributed by atoms with E-state index in [0.717, 1.165) is 24.8 Å². The fraction of sp³-hybridized carbons (Fsp3) is 0.471. The van der Waals surface area contributed by atoms with Crippen molar-refractivity contribution in [2.75, 3.05) is 6.61 Å². The number of aromatic nitrogens is 3. The second-order valence-electron chi connectivity index (χ2n) is 5.09. The van der Waals surface area contributed by atoms with Gasteiger partial charge in [0.15, 0.2) is 5.69 Å². The molecular weight excluding hydrogens is 278 g/mol. The van der Waals surface area contributed by atoms with Gasteiger partial charge < -0.3 is 4.74 Å². The van der Waals surface area contributed by atoms with Crippen molar-refractivity contribution in [1.29, 1.82) is 0 Å². The number of hydrogen-bond acceptors (Lipinski definition) is 4. The summed E-state index contributed by atoms with van der Waals surface area (Å²) < 4.78 is 5.08. The maximum atomic E-state index is 12.1.